The Morgan fingerprint density at radius 3 is 3.00 bits per heavy atom. The third-order valence-corrected chi connectivity index (χ3v) is 1.73. The lowest BCUT2D eigenvalue weighted by molar-refractivity contribution is -0.137. The fourth-order valence-corrected chi connectivity index (χ4v) is 0.940. The molecule has 1 unspecified atom stereocenters. The van der Waals surface area contributed by atoms with E-state index in [0.29, 0.717) is 12.7 Å². The minimum absolute atomic E-state index is 0.335. The summed E-state index contributed by atoms with van der Waals surface area (Å²) in [6.45, 7) is 4.71. The molecule has 1 aliphatic heterocycles. The molecule has 0 aromatic carbocycles. The van der Waals surface area contributed by atoms with Crippen molar-refractivity contribution in [2.45, 2.75) is 25.4 Å². The molecule has 0 bridgehead atoms. The van der Waals surface area contributed by atoms with Gasteiger partial charge in [-0.1, -0.05) is 6.58 Å². The average molecular weight is 170 g/mol. The molecule has 1 rings (SSSR count). The lowest BCUT2D eigenvalue weighted by atomic mass is 10.2. The van der Waals surface area contributed by atoms with Crippen LogP contribution in [0.4, 0.5) is 0 Å². The standard InChI is InChI=1S/C9H14O3/c1-2-9(10)11-6-4-3-5-8-7-12-8/h2,8H,1,3-7H2. The smallest absolute Gasteiger partial charge is 0.330 e. The van der Waals surface area contributed by atoms with Gasteiger partial charge in [0.15, 0.2) is 0 Å². The molecule has 68 valence electrons. The highest BCUT2D eigenvalue weighted by Crippen LogP contribution is 2.16. The molecule has 0 aromatic rings. The van der Waals surface area contributed by atoms with E-state index in [-0.39, 0.29) is 5.97 Å². The van der Waals surface area contributed by atoms with Crippen LogP contribution in [-0.2, 0) is 14.3 Å². The Morgan fingerprint density at radius 1 is 1.67 bits per heavy atom. The summed E-state index contributed by atoms with van der Waals surface area (Å²) >= 11 is 0. The number of hydrogen-bond donors (Lipinski definition) is 0. The summed E-state index contributed by atoms with van der Waals surface area (Å²) in [7, 11) is 0. The number of ether oxygens (including phenoxy) is 2. The molecule has 12 heavy (non-hydrogen) atoms. The highest BCUT2D eigenvalue weighted by molar-refractivity contribution is 5.81. The van der Waals surface area contributed by atoms with Gasteiger partial charge >= 0.3 is 5.97 Å². The Labute approximate surface area is 72.4 Å². The van der Waals surface area contributed by atoms with Gasteiger partial charge in [0.1, 0.15) is 0 Å². The fourth-order valence-electron chi connectivity index (χ4n) is 0.940. The summed E-state index contributed by atoms with van der Waals surface area (Å²) in [6, 6.07) is 0. The lowest BCUT2D eigenvalue weighted by Gasteiger charge is -1.99. The van der Waals surface area contributed by atoms with E-state index in [1.165, 1.54) is 6.08 Å². The van der Waals surface area contributed by atoms with Crippen molar-refractivity contribution in [2.24, 2.45) is 0 Å². The summed E-state index contributed by atoms with van der Waals surface area (Å²) in [5, 5.41) is 0. The highest BCUT2D eigenvalue weighted by Gasteiger charge is 2.20. The van der Waals surface area contributed by atoms with Crippen LogP contribution in [0.25, 0.3) is 0 Å². The molecule has 3 heteroatoms. The molecule has 0 N–H and O–H groups in total. The monoisotopic (exact) mass is 170 g/mol. The normalized spacial score (nSPS) is 20.2. The second kappa shape index (κ2) is 4.93. The highest BCUT2D eigenvalue weighted by atomic mass is 16.6. The third-order valence-electron chi connectivity index (χ3n) is 1.73. The molecule has 1 fully saturated rings. The largest absolute Gasteiger partial charge is 0.463 e. The second-order valence-corrected chi connectivity index (χ2v) is 2.82. The summed E-state index contributed by atoms with van der Waals surface area (Å²) in [5.74, 6) is -0.335. The Morgan fingerprint density at radius 2 is 2.42 bits per heavy atom. The summed E-state index contributed by atoms with van der Waals surface area (Å²) in [5.41, 5.74) is 0. The quantitative estimate of drug-likeness (QED) is 0.261. The molecule has 0 radical (unpaired) electrons. The minimum Gasteiger partial charge on any atom is -0.463 e. The summed E-state index contributed by atoms with van der Waals surface area (Å²) < 4.78 is 9.83. The van der Waals surface area contributed by atoms with Crippen LogP contribution in [0.5, 0.6) is 0 Å². The van der Waals surface area contributed by atoms with E-state index in [4.69, 9.17) is 9.47 Å². The van der Waals surface area contributed by atoms with E-state index in [0.717, 1.165) is 25.9 Å². The van der Waals surface area contributed by atoms with Crippen LogP contribution < -0.4 is 0 Å². The molecule has 1 saturated heterocycles. The van der Waals surface area contributed by atoms with Gasteiger partial charge in [-0.25, -0.2) is 4.79 Å². The molecule has 0 amide bonds. The van der Waals surface area contributed by atoms with Crippen LogP contribution in [0, 0.1) is 0 Å². The first-order valence-corrected chi connectivity index (χ1v) is 4.23. The maximum Gasteiger partial charge on any atom is 0.330 e. The SMILES string of the molecule is C=CC(=O)OCCCCC1CO1. The number of carbonyl (C=O) groups excluding carboxylic acids is 1. The van der Waals surface area contributed by atoms with Gasteiger partial charge in [0.2, 0.25) is 0 Å². The Hall–Kier alpha value is -0.830. The van der Waals surface area contributed by atoms with Gasteiger partial charge in [-0.2, -0.15) is 0 Å². The second-order valence-electron chi connectivity index (χ2n) is 2.82. The van der Waals surface area contributed by atoms with E-state index in [1.807, 2.05) is 0 Å². The zero-order chi connectivity index (χ0) is 8.81. The molecular weight excluding hydrogens is 156 g/mol. The number of unbranched alkanes of at least 4 members (excludes halogenated alkanes) is 1. The Balaban J connectivity index is 1.81. The van der Waals surface area contributed by atoms with Crippen LogP contribution in [-0.4, -0.2) is 25.3 Å². The fraction of sp³-hybridized carbons (Fsp3) is 0.667. The molecule has 0 aromatic heterocycles. The molecule has 3 nitrogen and oxygen atoms in total. The molecular formula is C9H14O3. The van der Waals surface area contributed by atoms with Crippen molar-refractivity contribution >= 4 is 5.97 Å². The van der Waals surface area contributed by atoms with Gasteiger partial charge in [-0.05, 0) is 19.3 Å². The average Bonchev–Trinajstić information content (AvgIpc) is 2.87. The van der Waals surface area contributed by atoms with Gasteiger partial charge < -0.3 is 9.47 Å². The number of rotatable bonds is 6. The van der Waals surface area contributed by atoms with Crippen LogP contribution >= 0.6 is 0 Å². The Kier molecular flexibility index (Phi) is 3.80. The van der Waals surface area contributed by atoms with Crippen LogP contribution in [0.2, 0.25) is 0 Å². The zero-order valence-electron chi connectivity index (χ0n) is 7.12. The van der Waals surface area contributed by atoms with E-state index in [1.54, 1.807) is 0 Å². The number of hydrogen-bond acceptors (Lipinski definition) is 3. The first-order chi connectivity index (χ1) is 5.83. The van der Waals surface area contributed by atoms with Crippen LogP contribution in [0.1, 0.15) is 19.3 Å². The molecule has 1 aliphatic rings. The van der Waals surface area contributed by atoms with Gasteiger partial charge in [0, 0.05) is 6.08 Å². The van der Waals surface area contributed by atoms with E-state index in [9.17, 15) is 4.79 Å². The summed E-state index contributed by atoms with van der Waals surface area (Å²) in [6.07, 6.45) is 4.74. The van der Waals surface area contributed by atoms with E-state index >= 15 is 0 Å². The predicted molar refractivity (Wildman–Crippen MR) is 44.7 cm³/mol. The van der Waals surface area contributed by atoms with E-state index in [2.05, 4.69) is 6.58 Å². The van der Waals surface area contributed by atoms with Gasteiger partial charge in [-0.3, -0.25) is 0 Å². The number of carbonyl (C=O) groups is 1. The molecule has 0 aliphatic carbocycles. The topological polar surface area (TPSA) is 38.8 Å². The number of epoxide rings is 1. The van der Waals surface area contributed by atoms with Crippen molar-refractivity contribution in [1.29, 1.82) is 0 Å². The van der Waals surface area contributed by atoms with Crippen molar-refractivity contribution in [3.05, 3.63) is 12.7 Å². The van der Waals surface area contributed by atoms with Crippen molar-refractivity contribution in [1.82, 2.24) is 0 Å². The zero-order valence-corrected chi connectivity index (χ0v) is 7.12. The first-order valence-electron chi connectivity index (χ1n) is 4.23. The maximum atomic E-state index is 10.6. The molecule has 0 saturated carbocycles. The lowest BCUT2D eigenvalue weighted by Crippen LogP contribution is -2.01. The first kappa shape index (κ1) is 9.26. The minimum atomic E-state index is -0.335. The Bertz CT molecular complexity index is 161. The number of esters is 1. The van der Waals surface area contributed by atoms with Crippen molar-refractivity contribution in [3.63, 3.8) is 0 Å². The van der Waals surface area contributed by atoms with Crippen LogP contribution in [0.15, 0.2) is 12.7 Å². The third kappa shape index (κ3) is 4.13. The summed E-state index contributed by atoms with van der Waals surface area (Å²) in [4.78, 5) is 10.6. The predicted octanol–water partition coefficient (Wildman–Crippen LogP) is 1.28. The molecule has 1 heterocycles. The van der Waals surface area contributed by atoms with Crippen molar-refractivity contribution in [2.75, 3.05) is 13.2 Å². The molecule has 0 spiro atoms. The molecule has 1 atom stereocenters. The maximum absolute atomic E-state index is 10.6. The van der Waals surface area contributed by atoms with Gasteiger partial charge in [-0.15, -0.1) is 0 Å². The van der Waals surface area contributed by atoms with E-state index < -0.39 is 0 Å². The van der Waals surface area contributed by atoms with Crippen molar-refractivity contribution < 1.29 is 14.3 Å². The van der Waals surface area contributed by atoms with Crippen molar-refractivity contribution in [3.8, 4) is 0 Å². The van der Waals surface area contributed by atoms with Gasteiger partial charge in [0.25, 0.3) is 0 Å². The van der Waals surface area contributed by atoms with Gasteiger partial charge in [0.05, 0.1) is 19.3 Å². The van der Waals surface area contributed by atoms with Crippen LogP contribution in [0.3, 0.4) is 0 Å².